The van der Waals surface area contributed by atoms with E-state index in [9.17, 15) is 4.79 Å². The molecule has 0 unspecified atom stereocenters. The lowest BCUT2D eigenvalue weighted by Crippen LogP contribution is -2.35. The first kappa shape index (κ1) is 16.6. The summed E-state index contributed by atoms with van der Waals surface area (Å²) < 4.78 is 15.8. The second-order valence-corrected chi connectivity index (χ2v) is 5.47. The molecule has 0 atom stereocenters. The maximum atomic E-state index is 12.0. The van der Waals surface area contributed by atoms with Crippen LogP contribution in [0.5, 0.6) is 11.5 Å². The Labute approximate surface area is 145 Å². The van der Waals surface area contributed by atoms with Gasteiger partial charge in [0, 0.05) is 11.3 Å². The highest BCUT2D eigenvalue weighted by Gasteiger charge is 2.23. The van der Waals surface area contributed by atoms with Crippen molar-refractivity contribution in [2.75, 3.05) is 26.6 Å². The van der Waals surface area contributed by atoms with Crippen molar-refractivity contribution < 1.29 is 19.0 Å². The van der Waals surface area contributed by atoms with Gasteiger partial charge in [0.2, 0.25) is 0 Å². The molecule has 0 aromatic heterocycles. The fraction of sp³-hybridized carbons (Fsp3) is 0.222. The van der Waals surface area contributed by atoms with Gasteiger partial charge in [0.25, 0.3) is 0 Å². The number of hydrogen-bond donors (Lipinski definition) is 1. The van der Waals surface area contributed by atoms with E-state index < -0.39 is 6.09 Å². The lowest BCUT2D eigenvalue weighted by Gasteiger charge is -2.24. The smallest absolute Gasteiger partial charge is 0.431 e. The minimum Gasteiger partial charge on any atom is -0.493 e. The van der Waals surface area contributed by atoms with Crippen LogP contribution in [-0.4, -0.2) is 37.6 Å². The van der Waals surface area contributed by atoms with Crippen LogP contribution in [0.1, 0.15) is 11.1 Å². The molecule has 0 radical (unpaired) electrons. The van der Waals surface area contributed by atoms with Crippen molar-refractivity contribution in [3.05, 3.63) is 53.6 Å². The SMILES string of the molecule is COc1ccc(C2=NN(Cc3cccc(N)c3)C(=O)OC2)cc1OC. The molecule has 7 nitrogen and oxygen atoms in total. The van der Waals surface area contributed by atoms with Crippen LogP contribution in [0.4, 0.5) is 10.5 Å². The number of hydrazone groups is 1. The number of benzene rings is 2. The molecule has 2 N–H and O–H groups in total. The molecule has 0 saturated heterocycles. The first-order valence-corrected chi connectivity index (χ1v) is 7.69. The van der Waals surface area contributed by atoms with Crippen LogP contribution in [0.3, 0.4) is 0 Å². The molecular formula is C18H19N3O4. The van der Waals surface area contributed by atoms with E-state index in [1.165, 1.54) is 5.01 Å². The number of amides is 1. The zero-order valence-electron chi connectivity index (χ0n) is 14.1. The standard InChI is InChI=1S/C18H19N3O4/c1-23-16-7-6-13(9-17(16)24-2)15-11-25-18(22)21(20-15)10-12-4-3-5-14(19)8-12/h3-9H,10-11,19H2,1-2H3. The van der Waals surface area contributed by atoms with Crippen LogP contribution in [0, 0.1) is 0 Å². The molecule has 1 aliphatic rings. The first-order valence-electron chi connectivity index (χ1n) is 7.69. The number of rotatable bonds is 5. The van der Waals surface area contributed by atoms with Crippen LogP contribution in [0.15, 0.2) is 47.6 Å². The van der Waals surface area contributed by atoms with E-state index >= 15 is 0 Å². The Hall–Kier alpha value is -3.22. The number of hydrogen-bond acceptors (Lipinski definition) is 6. The predicted octanol–water partition coefficient (Wildman–Crippen LogP) is 2.64. The molecule has 1 heterocycles. The predicted molar refractivity (Wildman–Crippen MR) is 93.8 cm³/mol. The second-order valence-electron chi connectivity index (χ2n) is 5.47. The van der Waals surface area contributed by atoms with E-state index in [1.54, 1.807) is 38.5 Å². The number of nitrogens with zero attached hydrogens (tertiary/aromatic N) is 2. The van der Waals surface area contributed by atoms with Crippen molar-refractivity contribution in [1.82, 2.24) is 5.01 Å². The topological polar surface area (TPSA) is 86.4 Å². The van der Waals surface area contributed by atoms with Gasteiger partial charge in [-0.05, 0) is 35.9 Å². The second kappa shape index (κ2) is 7.12. The third-order valence-corrected chi connectivity index (χ3v) is 3.78. The van der Waals surface area contributed by atoms with Crippen LogP contribution in [0.2, 0.25) is 0 Å². The number of ether oxygens (including phenoxy) is 3. The van der Waals surface area contributed by atoms with Gasteiger partial charge >= 0.3 is 6.09 Å². The van der Waals surface area contributed by atoms with Crippen LogP contribution in [-0.2, 0) is 11.3 Å². The van der Waals surface area contributed by atoms with E-state index in [2.05, 4.69) is 5.10 Å². The molecule has 25 heavy (non-hydrogen) atoms. The summed E-state index contributed by atoms with van der Waals surface area (Å²) in [5.74, 6) is 1.21. The number of anilines is 1. The van der Waals surface area contributed by atoms with Crippen molar-refractivity contribution in [3.8, 4) is 11.5 Å². The van der Waals surface area contributed by atoms with Crippen molar-refractivity contribution in [2.45, 2.75) is 6.54 Å². The van der Waals surface area contributed by atoms with Crippen molar-refractivity contribution in [1.29, 1.82) is 0 Å². The summed E-state index contributed by atoms with van der Waals surface area (Å²) in [5, 5.41) is 5.71. The highest BCUT2D eigenvalue weighted by atomic mass is 16.6. The average molecular weight is 341 g/mol. The minimum absolute atomic E-state index is 0.0990. The number of nitrogen functional groups attached to an aromatic ring is 1. The van der Waals surface area contributed by atoms with E-state index in [-0.39, 0.29) is 13.2 Å². The van der Waals surface area contributed by atoms with Gasteiger partial charge in [-0.3, -0.25) is 0 Å². The summed E-state index contributed by atoms with van der Waals surface area (Å²) in [6, 6.07) is 12.7. The maximum absolute atomic E-state index is 12.0. The quantitative estimate of drug-likeness (QED) is 0.845. The lowest BCUT2D eigenvalue weighted by molar-refractivity contribution is 0.104. The number of cyclic esters (lactones) is 1. The Morgan fingerprint density at radius 1 is 1.16 bits per heavy atom. The van der Waals surface area contributed by atoms with Gasteiger partial charge in [-0.2, -0.15) is 10.1 Å². The zero-order chi connectivity index (χ0) is 17.8. The molecule has 2 aromatic rings. The summed E-state index contributed by atoms with van der Waals surface area (Å²) in [7, 11) is 3.14. The highest BCUT2D eigenvalue weighted by Crippen LogP contribution is 2.28. The minimum atomic E-state index is -0.494. The Morgan fingerprint density at radius 3 is 2.68 bits per heavy atom. The maximum Gasteiger partial charge on any atom is 0.431 e. The first-order chi connectivity index (χ1) is 12.1. The summed E-state index contributed by atoms with van der Waals surface area (Å²) in [4.78, 5) is 12.0. The molecule has 0 fully saturated rings. The number of methoxy groups -OCH3 is 2. The Morgan fingerprint density at radius 2 is 1.96 bits per heavy atom. The fourth-order valence-electron chi connectivity index (χ4n) is 2.54. The molecule has 0 aliphatic carbocycles. The van der Waals surface area contributed by atoms with Gasteiger partial charge in [-0.25, -0.2) is 4.79 Å². The molecule has 7 heteroatoms. The van der Waals surface area contributed by atoms with Crippen molar-refractivity contribution in [2.24, 2.45) is 5.10 Å². The monoisotopic (exact) mass is 341 g/mol. The summed E-state index contributed by atoms with van der Waals surface area (Å²) >= 11 is 0. The fourth-order valence-corrected chi connectivity index (χ4v) is 2.54. The normalized spacial score (nSPS) is 13.9. The van der Waals surface area contributed by atoms with Crippen LogP contribution in [0.25, 0.3) is 0 Å². The number of carbonyl (C=O) groups is 1. The number of carbonyl (C=O) groups excluding carboxylic acids is 1. The third kappa shape index (κ3) is 3.65. The number of nitrogens with two attached hydrogens (primary N) is 1. The molecule has 130 valence electrons. The van der Waals surface area contributed by atoms with Gasteiger partial charge in [0.1, 0.15) is 12.3 Å². The van der Waals surface area contributed by atoms with Crippen molar-refractivity contribution in [3.63, 3.8) is 0 Å². The highest BCUT2D eigenvalue weighted by molar-refractivity contribution is 6.04. The van der Waals surface area contributed by atoms with E-state index in [0.717, 1.165) is 11.1 Å². The van der Waals surface area contributed by atoms with Gasteiger partial charge in [-0.15, -0.1) is 0 Å². The van der Waals surface area contributed by atoms with Crippen LogP contribution < -0.4 is 15.2 Å². The molecule has 1 aliphatic heterocycles. The van der Waals surface area contributed by atoms with E-state index in [0.29, 0.717) is 22.9 Å². The van der Waals surface area contributed by atoms with Gasteiger partial charge in [-0.1, -0.05) is 12.1 Å². The van der Waals surface area contributed by atoms with Crippen LogP contribution >= 0.6 is 0 Å². The van der Waals surface area contributed by atoms with Gasteiger partial charge < -0.3 is 19.9 Å². The molecule has 1 amide bonds. The Kier molecular flexibility index (Phi) is 4.74. The molecule has 0 bridgehead atoms. The van der Waals surface area contributed by atoms with Crippen molar-refractivity contribution >= 4 is 17.5 Å². The molecule has 0 saturated carbocycles. The molecule has 3 rings (SSSR count). The largest absolute Gasteiger partial charge is 0.493 e. The van der Waals surface area contributed by atoms with E-state index in [4.69, 9.17) is 19.9 Å². The summed E-state index contributed by atoms with van der Waals surface area (Å²) in [6.07, 6.45) is -0.494. The Bertz CT molecular complexity index is 820. The molecular weight excluding hydrogens is 322 g/mol. The molecule has 0 spiro atoms. The zero-order valence-corrected chi connectivity index (χ0v) is 14.1. The summed E-state index contributed by atoms with van der Waals surface area (Å²) in [5.41, 5.74) is 8.70. The van der Waals surface area contributed by atoms with Gasteiger partial charge in [0.15, 0.2) is 11.5 Å². The Balaban J connectivity index is 1.88. The lowest BCUT2D eigenvalue weighted by atomic mass is 10.1. The van der Waals surface area contributed by atoms with Gasteiger partial charge in [0.05, 0.1) is 20.8 Å². The average Bonchev–Trinajstić information content (AvgIpc) is 2.63. The summed E-state index contributed by atoms with van der Waals surface area (Å²) in [6.45, 7) is 0.377. The van der Waals surface area contributed by atoms with E-state index in [1.807, 2.05) is 18.2 Å². The third-order valence-electron chi connectivity index (χ3n) is 3.78. The molecule has 2 aromatic carbocycles.